The summed E-state index contributed by atoms with van der Waals surface area (Å²) in [5.74, 6) is -0.279. The molecule has 0 bridgehead atoms. The van der Waals surface area contributed by atoms with E-state index in [0.29, 0.717) is 11.6 Å². The first-order valence-electron chi connectivity index (χ1n) is 5.51. The highest BCUT2D eigenvalue weighted by atomic mass is 32.2. The molecule has 6 nitrogen and oxygen atoms in total. The zero-order valence-corrected chi connectivity index (χ0v) is 11.2. The summed E-state index contributed by atoms with van der Waals surface area (Å²) in [5, 5.41) is 18.1. The predicted molar refractivity (Wildman–Crippen MR) is 70.1 cm³/mol. The van der Waals surface area contributed by atoms with Gasteiger partial charge in [0.15, 0.2) is 0 Å². The Morgan fingerprint density at radius 2 is 2.16 bits per heavy atom. The van der Waals surface area contributed by atoms with Crippen LogP contribution in [0, 0.1) is 22.7 Å². The lowest BCUT2D eigenvalue weighted by atomic mass is 10.2. The molecule has 0 saturated heterocycles. The summed E-state index contributed by atoms with van der Waals surface area (Å²) in [6, 6.07) is 5.14. The van der Waals surface area contributed by atoms with Crippen molar-refractivity contribution in [2.24, 2.45) is 0 Å². The fourth-order valence-corrected chi connectivity index (χ4v) is 1.94. The molecule has 98 valence electrons. The number of pyridine rings is 1. The fourth-order valence-electron chi connectivity index (χ4n) is 1.17. The van der Waals surface area contributed by atoms with Gasteiger partial charge >= 0.3 is 5.97 Å². The zero-order chi connectivity index (χ0) is 14.3. The maximum atomic E-state index is 11.3. The van der Waals surface area contributed by atoms with Crippen molar-refractivity contribution >= 4 is 23.5 Å². The third-order valence-corrected chi connectivity index (χ3v) is 3.02. The Morgan fingerprint density at radius 3 is 2.74 bits per heavy atom. The third-order valence-electron chi connectivity index (χ3n) is 2.05. The van der Waals surface area contributed by atoms with Gasteiger partial charge in [0, 0.05) is 0 Å². The highest BCUT2D eigenvalue weighted by Gasteiger charge is 2.12. The van der Waals surface area contributed by atoms with E-state index < -0.39 is 0 Å². The van der Waals surface area contributed by atoms with E-state index in [4.69, 9.17) is 21.0 Å². The molecule has 0 amide bonds. The highest BCUT2D eigenvalue weighted by molar-refractivity contribution is 7.99. The van der Waals surface area contributed by atoms with Crippen LogP contribution in [0.2, 0.25) is 0 Å². The van der Waals surface area contributed by atoms with E-state index >= 15 is 0 Å². The monoisotopic (exact) mass is 276 g/mol. The van der Waals surface area contributed by atoms with Gasteiger partial charge in [0.05, 0.1) is 23.5 Å². The molecule has 2 N–H and O–H groups in total. The summed E-state index contributed by atoms with van der Waals surface area (Å²) >= 11 is 1.07. The van der Waals surface area contributed by atoms with Crippen LogP contribution in [-0.4, -0.2) is 23.3 Å². The van der Waals surface area contributed by atoms with Crippen molar-refractivity contribution in [1.82, 2.24) is 4.98 Å². The molecule has 0 saturated carbocycles. The second kappa shape index (κ2) is 7.24. The van der Waals surface area contributed by atoms with Gasteiger partial charge in [-0.1, -0.05) is 18.7 Å². The molecule has 1 aromatic rings. The van der Waals surface area contributed by atoms with Gasteiger partial charge < -0.3 is 10.5 Å². The lowest BCUT2D eigenvalue weighted by Crippen LogP contribution is -2.08. The Balaban J connectivity index is 2.79. The maximum Gasteiger partial charge on any atom is 0.316 e. The van der Waals surface area contributed by atoms with Crippen LogP contribution in [0.4, 0.5) is 5.82 Å². The van der Waals surface area contributed by atoms with Gasteiger partial charge in [-0.2, -0.15) is 10.5 Å². The number of hydrogen-bond donors (Lipinski definition) is 1. The quantitative estimate of drug-likeness (QED) is 0.639. The normalized spacial score (nSPS) is 9.42. The molecule has 0 unspecified atom stereocenters. The molecule has 1 aromatic heterocycles. The number of carbonyl (C=O) groups excluding carboxylic acids is 1. The van der Waals surface area contributed by atoms with Crippen LogP contribution in [0.1, 0.15) is 24.5 Å². The minimum absolute atomic E-state index is 0.0472. The minimum atomic E-state index is -0.375. The van der Waals surface area contributed by atoms with Crippen LogP contribution in [0.5, 0.6) is 0 Å². The Kier molecular flexibility index (Phi) is 5.65. The number of carbonyl (C=O) groups is 1. The van der Waals surface area contributed by atoms with Crippen molar-refractivity contribution in [3.63, 3.8) is 0 Å². The van der Waals surface area contributed by atoms with Crippen LogP contribution in [0.15, 0.2) is 11.1 Å². The molecule has 1 rings (SSSR count). The summed E-state index contributed by atoms with van der Waals surface area (Å²) in [5.41, 5.74) is 5.94. The van der Waals surface area contributed by atoms with Gasteiger partial charge in [-0.3, -0.25) is 4.79 Å². The van der Waals surface area contributed by atoms with Crippen molar-refractivity contribution < 1.29 is 9.53 Å². The van der Waals surface area contributed by atoms with E-state index in [1.807, 2.05) is 19.1 Å². The first-order chi connectivity index (χ1) is 9.12. The van der Waals surface area contributed by atoms with E-state index in [-0.39, 0.29) is 28.7 Å². The molecule has 0 aliphatic heterocycles. The standard InChI is InChI=1S/C12H12N4O2S/c1-2-3-18-10(17)7-19-12-9(6-14)4-8(5-13)11(15)16-12/h4H,2-3,7H2,1H3,(H2,15,16). The van der Waals surface area contributed by atoms with Gasteiger partial charge in [0.1, 0.15) is 23.0 Å². The number of ether oxygens (including phenoxy) is 1. The average molecular weight is 276 g/mol. The molecule has 0 aromatic carbocycles. The van der Waals surface area contributed by atoms with Gasteiger partial charge in [-0.25, -0.2) is 4.98 Å². The van der Waals surface area contributed by atoms with Crippen LogP contribution < -0.4 is 5.73 Å². The Hall–Kier alpha value is -2.25. The lowest BCUT2D eigenvalue weighted by Gasteiger charge is -2.05. The maximum absolute atomic E-state index is 11.3. The molecule has 0 aliphatic carbocycles. The number of aromatic nitrogens is 1. The number of thioether (sulfide) groups is 1. The molecule has 0 radical (unpaired) electrons. The molecule has 1 heterocycles. The fraction of sp³-hybridized carbons (Fsp3) is 0.333. The SMILES string of the molecule is CCCOC(=O)CSc1nc(N)c(C#N)cc1C#N. The van der Waals surface area contributed by atoms with Crippen LogP contribution in [0.3, 0.4) is 0 Å². The molecule has 0 fully saturated rings. The van der Waals surface area contributed by atoms with E-state index in [2.05, 4.69) is 4.98 Å². The third kappa shape index (κ3) is 4.16. The van der Waals surface area contributed by atoms with Crippen LogP contribution >= 0.6 is 11.8 Å². The van der Waals surface area contributed by atoms with E-state index in [0.717, 1.165) is 18.2 Å². The summed E-state index contributed by atoms with van der Waals surface area (Å²) in [4.78, 5) is 15.3. The number of nitriles is 2. The van der Waals surface area contributed by atoms with E-state index in [1.165, 1.54) is 6.07 Å². The minimum Gasteiger partial charge on any atom is -0.465 e. The average Bonchev–Trinajstić information content (AvgIpc) is 2.42. The molecule has 7 heteroatoms. The predicted octanol–water partition coefficient (Wildman–Crippen LogP) is 1.45. The number of nitrogens with two attached hydrogens (primary N) is 1. The van der Waals surface area contributed by atoms with Crippen LogP contribution in [0.25, 0.3) is 0 Å². The molecular weight excluding hydrogens is 264 g/mol. The van der Waals surface area contributed by atoms with Gasteiger partial charge in [0.25, 0.3) is 0 Å². The van der Waals surface area contributed by atoms with Crippen molar-refractivity contribution in [2.75, 3.05) is 18.1 Å². The smallest absolute Gasteiger partial charge is 0.316 e. The summed E-state index contributed by atoms with van der Waals surface area (Å²) < 4.78 is 4.91. The Labute approximate surface area is 115 Å². The molecule has 0 spiro atoms. The van der Waals surface area contributed by atoms with Gasteiger partial charge in [-0.05, 0) is 12.5 Å². The van der Waals surface area contributed by atoms with Crippen molar-refractivity contribution in [1.29, 1.82) is 10.5 Å². The van der Waals surface area contributed by atoms with Crippen molar-refractivity contribution in [3.8, 4) is 12.1 Å². The number of anilines is 1. The van der Waals surface area contributed by atoms with Crippen LogP contribution in [-0.2, 0) is 9.53 Å². The molecule has 0 atom stereocenters. The number of esters is 1. The molecule has 0 aliphatic rings. The second-order valence-corrected chi connectivity index (χ2v) is 4.47. The van der Waals surface area contributed by atoms with Gasteiger partial charge in [0.2, 0.25) is 0 Å². The number of nitrogens with zero attached hydrogens (tertiary/aromatic N) is 3. The topological polar surface area (TPSA) is 113 Å². The lowest BCUT2D eigenvalue weighted by molar-refractivity contribution is -0.140. The summed E-state index contributed by atoms with van der Waals surface area (Å²) in [6.45, 7) is 2.27. The number of rotatable bonds is 5. The van der Waals surface area contributed by atoms with E-state index in [9.17, 15) is 4.79 Å². The second-order valence-electron chi connectivity index (χ2n) is 3.51. The Bertz CT molecular complexity index is 560. The first-order valence-corrected chi connectivity index (χ1v) is 6.50. The van der Waals surface area contributed by atoms with E-state index in [1.54, 1.807) is 0 Å². The Morgan fingerprint density at radius 1 is 1.47 bits per heavy atom. The zero-order valence-electron chi connectivity index (χ0n) is 10.3. The molecule has 19 heavy (non-hydrogen) atoms. The number of hydrogen-bond acceptors (Lipinski definition) is 7. The number of nitrogen functional groups attached to an aromatic ring is 1. The van der Waals surface area contributed by atoms with Crippen molar-refractivity contribution in [2.45, 2.75) is 18.4 Å². The highest BCUT2D eigenvalue weighted by Crippen LogP contribution is 2.23. The summed E-state index contributed by atoms with van der Waals surface area (Å²) in [7, 11) is 0. The largest absolute Gasteiger partial charge is 0.465 e. The molecular formula is C12H12N4O2S. The summed E-state index contributed by atoms with van der Waals surface area (Å²) in [6.07, 6.45) is 0.752. The van der Waals surface area contributed by atoms with Gasteiger partial charge in [-0.15, -0.1) is 0 Å². The first kappa shape index (κ1) is 14.8. The van der Waals surface area contributed by atoms with Crippen molar-refractivity contribution in [3.05, 3.63) is 17.2 Å².